The van der Waals surface area contributed by atoms with Crippen LogP contribution >= 0.6 is 0 Å². The van der Waals surface area contributed by atoms with Crippen LogP contribution in [-0.2, 0) is 0 Å². The lowest BCUT2D eigenvalue weighted by atomic mass is 9.76. The molecule has 1 amide bonds. The van der Waals surface area contributed by atoms with E-state index in [0.717, 1.165) is 0 Å². The van der Waals surface area contributed by atoms with E-state index in [1.165, 1.54) is 5.32 Å². The molecule has 70 valence electrons. The molecule has 0 aliphatic heterocycles. The van der Waals surface area contributed by atoms with Gasteiger partial charge in [0.2, 0.25) is 0 Å². The smallest absolute Gasteiger partial charge is 0.411 e. The molecule has 0 spiro atoms. The molecule has 3 nitrogen and oxygen atoms in total. The SMILES string of the molecule is O=C(O)NC1(C(F)(F)F)CCC1. The van der Waals surface area contributed by atoms with Crippen molar-refractivity contribution >= 4 is 6.09 Å². The summed E-state index contributed by atoms with van der Waals surface area (Å²) < 4.78 is 36.6. The van der Waals surface area contributed by atoms with Crippen LogP contribution in [0.15, 0.2) is 0 Å². The van der Waals surface area contributed by atoms with E-state index >= 15 is 0 Å². The third-order valence-electron chi connectivity index (χ3n) is 2.10. The van der Waals surface area contributed by atoms with Crippen molar-refractivity contribution in [2.45, 2.75) is 31.0 Å². The Morgan fingerprint density at radius 2 is 1.92 bits per heavy atom. The summed E-state index contributed by atoms with van der Waals surface area (Å²) >= 11 is 0. The summed E-state index contributed by atoms with van der Waals surface area (Å²) in [5, 5.41) is 9.69. The van der Waals surface area contributed by atoms with Gasteiger partial charge in [0, 0.05) is 0 Å². The highest BCUT2D eigenvalue weighted by atomic mass is 19.4. The molecule has 0 bridgehead atoms. The Kier molecular flexibility index (Phi) is 1.93. The molecule has 2 N–H and O–H groups in total. The Bertz CT molecular complexity index is 197. The summed E-state index contributed by atoms with van der Waals surface area (Å²) in [7, 11) is 0. The fourth-order valence-corrected chi connectivity index (χ4v) is 1.21. The second kappa shape index (κ2) is 2.53. The number of hydrogen-bond acceptors (Lipinski definition) is 1. The molecule has 1 aliphatic carbocycles. The predicted octanol–water partition coefficient (Wildman–Crippen LogP) is 1.74. The van der Waals surface area contributed by atoms with Gasteiger partial charge in [-0.05, 0) is 19.3 Å². The Hall–Kier alpha value is -0.940. The zero-order valence-electron chi connectivity index (χ0n) is 6.11. The number of carbonyl (C=O) groups is 1. The predicted molar refractivity (Wildman–Crippen MR) is 33.8 cm³/mol. The number of carboxylic acid groups (broad SMARTS) is 1. The van der Waals surface area contributed by atoms with Gasteiger partial charge in [-0.2, -0.15) is 13.2 Å². The maximum atomic E-state index is 12.2. The van der Waals surface area contributed by atoms with Gasteiger partial charge in [-0.3, -0.25) is 0 Å². The second-order valence-electron chi connectivity index (χ2n) is 2.86. The molecule has 0 aromatic rings. The van der Waals surface area contributed by atoms with Crippen molar-refractivity contribution in [2.24, 2.45) is 0 Å². The number of rotatable bonds is 1. The van der Waals surface area contributed by atoms with Crippen LogP contribution in [-0.4, -0.2) is 22.9 Å². The Morgan fingerprint density at radius 1 is 1.42 bits per heavy atom. The van der Waals surface area contributed by atoms with Gasteiger partial charge in [0.15, 0.2) is 0 Å². The fraction of sp³-hybridized carbons (Fsp3) is 0.833. The molecule has 0 aromatic heterocycles. The molecule has 0 unspecified atom stereocenters. The van der Waals surface area contributed by atoms with E-state index < -0.39 is 17.8 Å². The van der Waals surface area contributed by atoms with Crippen molar-refractivity contribution in [3.05, 3.63) is 0 Å². The molecule has 1 saturated carbocycles. The summed E-state index contributed by atoms with van der Waals surface area (Å²) in [6.07, 6.45) is -5.97. The van der Waals surface area contributed by atoms with E-state index in [4.69, 9.17) is 5.11 Å². The minimum absolute atomic E-state index is 0.150. The molecule has 0 radical (unpaired) electrons. The highest BCUT2D eigenvalue weighted by molar-refractivity contribution is 5.66. The fourth-order valence-electron chi connectivity index (χ4n) is 1.21. The largest absolute Gasteiger partial charge is 0.465 e. The highest BCUT2D eigenvalue weighted by Gasteiger charge is 2.59. The van der Waals surface area contributed by atoms with Gasteiger partial charge in [0.05, 0.1) is 0 Å². The highest BCUT2D eigenvalue weighted by Crippen LogP contribution is 2.44. The average molecular weight is 183 g/mol. The summed E-state index contributed by atoms with van der Waals surface area (Å²) in [6.45, 7) is 0. The topological polar surface area (TPSA) is 49.3 Å². The molecule has 1 fully saturated rings. The normalized spacial score (nSPS) is 21.2. The molecular formula is C6H8F3NO2. The quantitative estimate of drug-likeness (QED) is 0.650. The van der Waals surface area contributed by atoms with Gasteiger partial charge < -0.3 is 10.4 Å². The number of halogens is 3. The van der Waals surface area contributed by atoms with Crippen LogP contribution in [0.3, 0.4) is 0 Å². The molecule has 0 saturated heterocycles. The Morgan fingerprint density at radius 3 is 2.00 bits per heavy atom. The molecule has 12 heavy (non-hydrogen) atoms. The zero-order chi connectivity index (χ0) is 9.41. The van der Waals surface area contributed by atoms with Crippen LogP contribution in [0, 0.1) is 0 Å². The first-order valence-corrected chi connectivity index (χ1v) is 3.45. The molecule has 6 heteroatoms. The first-order chi connectivity index (χ1) is 5.37. The minimum atomic E-state index is -4.47. The average Bonchev–Trinajstić information content (AvgIpc) is 1.74. The Labute approximate surface area is 66.6 Å². The van der Waals surface area contributed by atoms with E-state index in [1.807, 2.05) is 0 Å². The monoisotopic (exact) mass is 183 g/mol. The van der Waals surface area contributed by atoms with E-state index in [1.54, 1.807) is 0 Å². The van der Waals surface area contributed by atoms with Crippen LogP contribution < -0.4 is 5.32 Å². The maximum absolute atomic E-state index is 12.2. The molecule has 1 aliphatic rings. The summed E-state index contributed by atoms with van der Waals surface area (Å²) in [6, 6.07) is 0. The summed E-state index contributed by atoms with van der Waals surface area (Å²) in [5.74, 6) is 0. The van der Waals surface area contributed by atoms with Gasteiger partial charge >= 0.3 is 12.3 Å². The number of amides is 1. The van der Waals surface area contributed by atoms with Crippen molar-refractivity contribution in [3.63, 3.8) is 0 Å². The lowest BCUT2D eigenvalue weighted by molar-refractivity contribution is -0.215. The first kappa shape index (κ1) is 9.15. The van der Waals surface area contributed by atoms with Gasteiger partial charge in [-0.1, -0.05) is 0 Å². The zero-order valence-corrected chi connectivity index (χ0v) is 6.11. The van der Waals surface area contributed by atoms with Crippen LogP contribution in [0.1, 0.15) is 19.3 Å². The van der Waals surface area contributed by atoms with Crippen molar-refractivity contribution in [3.8, 4) is 0 Å². The van der Waals surface area contributed by atoms with E-state index in [2.05, 4.69) is 0 Å². The van der Waals surface area contributed by atoms with Crippen LogP contribution in [0.2, 0.25) is 0 Å². The van der Waals surface area contributed by atoms with Gasteiger partial charge in [-0.15, -0.1) is 0 Å². The van der Waals surface area contributed by atoms with Crippen LogP contribution in [0.4, 0.5) is 18.0 Å². The van der Waals surface area contributed by atoms with Gasteiger partial charge in [0.1, 0.15) is 5.54 Å². The maximum Gasteiger partial charge on any atom is 0.411 e. The molecule has 0 atom stereocenters. The molecule has 0 aromatic carbocycles. The van der Waals surface area contributed by atoms with Gasteiger partial charge in [0.25, 0.3) is 0 Å². The second-order valence-corrected chi connectivity index (χ2v) is 2.86. The minimum Gasteiger partial charge on any atom is -0.465 e. The first-order valence-electron chi connectivity index (χ1n) is 3.45. The number of alkyl halides is 3. The van der Waals surface area contributed by atoms with Crippen molar-refractivity contribution < 1.29 is 23.1 Å². The van der Waals surface area contributed by atoms with Crippen molar-refractivity contribution in [2.75, 3.05) is 0 Å². The van der Waals surface area contributed by atoms with Crippen LogP contribution in [0.5, 0.6) is 0 Å². The van der Waals surface area contributed by atoms with E-state index in [-0.39, 0.29) is 12.8 Å². The standard InChI is InChI=1S/C6H8F3NO2/c7-6(8,9)5(2-1-3-5)10-4(11)12/h10H,1-3H2,(H,11,12). The molecule has 1 rings (SSSR count). The third-order valence-corrected chi connectivity index (χ3v) is 2.10. The summed E-state index contributed by atoms with van der Waals surface area (Å²) in [4.78, 5) is 10.0. The van der Waals surface area contributed by atoms with Crippen molar-refractivity contribution in [1.29, 1.82) is 0 Å². The van der Waals surface area contributed by atoms with E-state index in [9.17, 15) is 18.0 Å². The molecular weight excluding hydrogens is 175 g/mol. The number of nitrogens with one attached hydrogen (secondary N) is 1. The van der Waals surface area contributed by atoms with Gasteiger partial charge in [-0.25, -0.2) is 4.79 Å². The van der Waals surface area contributed by atoms with Crippen LogP contribution in [0.25, 0.3) is 0 Å². The lowest BCUT2D eigenvalue weighted by Gasteiger charge is -2.42. The third kappa shape index (κ3) is 1.33. The summed E-state index contributed by atoms with van der Waals surface area (Å²) in [5.41, 5.74) is -2.17. The number of hydrogen-bond donors (Lipinski definition) is 2. The van der Waals surface area contributed by atoms with E-state index in [0.29, 0.717) is 6.42 Å². The molecule has 0 heterocycles. The Balaban J connectivity index is 2.70. The van der Waals surface area contributed by atoms with Crippen molar-refractivity contribution in [1.82, 2.24) is 5.32 Å². The lowest BCUT2D eigenvalue weighted by Crippen LogP contribution is -2.62.